The fourth-order valence-electron chi connectivity index (χ4n) is 2.01. The second kappa shape index (κ2) is 4.94. The fraction of sp³-hybridized carbons (Fsp3) is 0.154. The van der Waals surface area contributed by atoms with Crippen LogP contribution in [0.25, 0.3) is 0 Å². The molecule has 0 bridgehead atoms. The van der Waals surface area contributed by atoms with Crippen LogP contribution in [0.3, 0.4) is 0 Å². The van der Waals surface area contributed by atoms with Gasteiger partial charge in [0.25, 0.3) is 5.91 Å². The fourth-order valence-corrected chi connectivity index (χ4v) is 3.29. The van der Waals surface area contributed by atoms with Gasteiger partial charge in [0, 0.05) is 22.9 Å². The van der Waals surface area contributed by atoms with Gasteiger partial charge in [-0.3, -0.25) is 4.79 Å². The number of nitrogen functional groups attached to an aromatic ring is 1. The molecule has 6 heteroatoms. The molecule has 1 aromatic heterocycles. The Hall–Kier alpha value is -1.40. The minimum Gasteiger partial charge on any atom is -0.444 e. The molecule has 3 rings (SSSR count). The molecule has 0 spiro atoms. The summed E-state index contributed by atoms with van der Waals surface area (Å²) < 4.78 is 5.88. The number of nitrogens with zero attached hydrogens (tertiary/aromatic N) is 1. The highest BCUT2D eigenvalue weighted by Crippen LogP contribution is 2.36. The lowest BCUT2D eigenvalue weighted by molar-refractivity contribution is 0.0960. The lowest BCUT2D eigenvalue weighted by Crippen LogP contribution is -2.35. The smallest absolute Gasteiger partial charge is 0.294 e. The first-order valence-corrected chi connectivity index (χ1v) is 7.52. The Labute approximate surface area is 123 Å². The van der Waals surface area contributed by atoms with E-state index in [1.807, 2.05) is 18.2 Å². The number of anilines is 2. The highest BCUT2D eigenvalue weighted by molar-refractivity contribution is 9.10. The van der Waals surface area contributed by atoms with Gasteiger partial charge in [0.05, 0.1) is 5.69 Å². The van der Waals surface area contributed by atoms with Crippen molar-refractivity contribution in [1.82, 2.24) is 0 Å². The summed E-state index contributed by atoms with van der Waals surface area (Å²) in [6.45, 7) is 0.651. The molecular weight excluding hydrogens is 328 g/mol. The van der Waals surface area contributed by atoms with Crippen molar-refractivity contribution in [3.05, 3.63) is 40.8 Å². The predicted molar refractivity (Wildman–Crippen MR) is 79.7 cm³/mol. The van der Waals surface area contributed by atoms with Crippen LogP contribution in [0.2, 0.25) is 0 Å². The summed E-state index contributed by atoms with van der Waals surface area (Å²) in [6.07, 6.45) is 0. The van der Waals surface area contributed by atoms with Crippen molar-refractivity contribution in [3.8, 4) is 0 Å². The summed E-state index contributed by atoms with van der Waals surface area (Å²) in [5.41, 5.74) is 7.32. The third-order valence-corrected chi connectivity index (χ3v) is 4.34. The Morgan fingerprint density at radius 3 is 2.95 bits per heavy atom. The Bertz CT molecular complexity index is 641. The van der Waals surface area contributed by atoms with Gasteiger partial charge in [0.15, 0.2) is 10.4 Å². The molecule has 2 aromatic rings. The van der Waals surface area contributed by atoms with Crippen LogP contribution in [0.4, 0.5) is 11.4 Å². The number of nitrogens with two attached hydrogens (primary N) is 1. The molecule has 0 saturated heterocycles. The van der Waals surface area contributed by atoms with Gasteiger partial charge in [-0.25, -0.2) is 0 Å². The van der Waals surface area contributed by atoms with Crippen LogP contribution < -0.4 is 10.6 Å². The standard InChI is InChI=1S/C13H11BrN2O2S/c14-12-4-2-10(18-12)13(17)16-5-6-19-11-3-1-8(15)7-9(11)16/h1-4,7H,5-6,15H2. The summed E-state index contributed by atoms with van der Waals surface area (Å²) in [5.74, 6) is 1.05. The predicted octanol–water partition coefficient (Wildman–Crippen LogP) is 3.38. The van der Waals surface area contributed by atoms with Crippen molar-refractivity contribution < 1.29 is 9.21 Å². The van der Waals surface area contributed by atoms with E-state index in [4.69, 9.17) is 10.2 Å². The molecule has 0 saturated carbocycles. The van der Waals surface area contributed by atoms with E-state index < -0.39 is 0 Å². The number of halogens is 1. The van der Waals surface area contributed by atoms with Gasteiger partial charge in [-0.05, 0) is 46.3 Å². The van der Waals surface area contributed by atoms with Crippen molar-refractivity contribution in [2.24, 2.45) is 0 Å². The summed E-state index contributed by atoms with van der Waals surface area (Å²) >= 11 is 4.94. The van der Waals surface area contributed by atoms with E-state index in [0.717, 1.165) is 16.3 Å². The number of carbonyl (C=O) groups excluding carboxylic acids is 1. The first-order valence-electron chi connectivity index (χ1n) is 5.74. The number of fused-ring (bicyclic) bond motifs is 1. The SMILES string of the molecule is Nc1ccc2c(c1)N(C(=O)c1ccc(Br)o1)CCS2. The summed E-state index contributed by atoms with van der Waals surface area (Å²) in [5, 5.41) is 0. The number of benzene rings is 1. The van der Waals surface area contributed by atoms with E-state index in [0.29, 0.717) is 22.7 Å². The van der Waals surface area contributed by atoms with Crippen LogP contribution in [0.5, 0.6) is 0 Å². The molecule has 0 radical (unpaired) electrons. The molecule has 0 aliphatic carbocycles. The molecule has 1 aliphatic heterocycles. The summed E-state index contributed by atoms with van der Waals surface area (Å²) in [7, 11) is 0. The molecule has 1 amide bonds. The van der Waals surface area contributed by atoms with Gasteiger partial charge in [-0.15, -0.1) is 11.8 Å². The third kappa shape index (κ3) is 2.37. The van der Waals surface area contributed by atoms with Crippen molar-refractivity contribution in [2.75, 3.05) is 22.9 Å². The molecule has 4 nitrogen and oxygen atoms in total. The monoisotopic (exact) mass is 338 g/mol. The van der Waals surface area contributed by atoms with Crippen LogP contribution >= 0.6 is 27.7 Å². The normalized spacial score (nSPS) is 14.3. The van der Waals surface area contributed by atoms with Crippen molar-refractivity contribution >= 4 is 45.0 Å². The van der Waals surface area contributed by atoms with Crippen LogP contribution in [0, 0.1) is 0 Å². The maximum absolute atomic E-state index is 12.4. The topological polar surface area (TPSA) is 59.5 Å². The van der Waals surface area contributed by atoms with Gasteiger partial charge in [-0.1, -0.05) is 0 Å². The average Bonchev–Trinajstić information content (AvgIpc) is 2.84. The second-order valence-corrected chi connectivity index (χ2v) is 6.05. The first-order chi connectivity index (χ1) is 9.15. The number of hydrogen-bond donors (Lipinski definition) is 1. The van der Waals surface area contributed by atoms with Gasteiger partial charge in [0.2, 0.25) is 0 Å². The Kier molecular flexibility index (Phi) is 3.28. The number of hydrogen-bond acceptors (Lipinski definition) is 4. The molecule has 2 heterocycles. The van der Waals surface area contributed by atoms with Gasteiger partial charge >= 0.3 is 0 Å². The molecule has 0 unspecified atom stereocenters. The second-order valence-electron chi connectivity index (χ2n) is 4.14. The van der Waals surface area contributed by atoms with Crippen LogP contribution in [0.15, 0.2) is 44.3 Å². The maximum atomic E-state index is 12.4. The molecule has 19 heavy (non-hydrogen) atoms. The first kappa shape index (κ1) is 12.6. The van der Waals surface area contributed by atoms with Gasteiger partial charge < -0.3 is 15.1 Å². The highest BCUT2D eigenvalue weighted by atomic mass is 79.9. The zero-order valence-electron chi connectivity index (χ0n) is 9.93. The van der Waals surface area contributed by atoms with Crippen LogP contribution in [-0.2, 0) is 0 Å². The van der Waals surface area contributed by atoms with Gasteiger partial charge in [-0.2, -0.15) is 0 Å². The minimum absolute atomic E-state index is 0.141. The summed E-state index contributed by atoms with van der Waals surface area (Å²) in [6, 6.07) is 9.01. The molecule has 0 fully saturated rings. The molecular formula is C13H11BrN2O2S. The van der Waals surface area contributed by atoms with Crippen molar-refractivity contribution in [1.29, 1.82) is 0 Å². The van der Waals surface area contributed by atoms with Gasteiger partial charge in [0.1, 0.15) is 0 Å². The average molecular weight is 339 g/mol. The van der Waals surface area contributed by atoms with Crippen LogP contribution in [0.1, 0.15) is 10.6 Å². The molecule has 98 valence electrons. The number of furan rings is 1. The lowest BCUT2D eigenvalue weighted by atomic mass is 10.2. The van der Waals surface area contributed by atoms with E-state index in [-0.39, 0.29) is 5.91 Å². The Morgan fingerprint density at radius 1 is 1.37 bits per heavy atom. The van der Waals surface area contributed by atoms with Crippen molar-refractivity contribution in [2.45, 2.75) is 4.90 Å². The van der Waals surface area contributed by atoms with E-state index in [9.17, 15) is 4.79 Å². The van der Waals surface area contributed by atoms with Crippen LogP contribution in [-0.4, -0.2) is 18.2 Å². The molecule has 0 atom stereocenters. The number of thioether (sulfide) groups is 1. The lowest BCUT2D eigenvalue weighted by Gasteiger charge is -2.28. The number of amides is 1. The highest BCUT2D eigenvalue weighted by Gasteiger charge is 2.26. The molecule has 1 aliphatic rings. The van der Waals surface area contributed by atoms with E-state index >= 15 is 0 Å². The van der Waals surface area contributed by atoms with E-state index in [1.165, 1.54) is 0 Å². The zero-order chi connectivity index (χ0) is 13.4. The maximum Gasteiger partial charge on any atom is 0.294 e. The zero-order valence-corrected chi connectivity index (χ0v) is 12.3. The Morgan fingerprint density at radius 2 is 2.21 bits per heavy atom. The number of rotatable bonds is 1. The molecule has 2 N–H and O–H groups in total. The third-order valence-electron chi connectivity index (χ3n) is 2.88. The minimum atomic E-state index is -0.141. The number of carbonyl (C=O) groups is 1. The Balaban J connectivity index is 1.99. The van der Waals surface area contributed by atoms with Crippen molar-refractivity contribution in [3.63, 3.8) is 0 Å². The van der Waals surface area contributed by atoms with E-state index in [1.54, 1.807) is 28.8 Å². The van der Waals surface area contributed by atoms with E-state index in [2.05, 4.69) is 15.9 Å². The summed E-state index contributed by atoms with van der Waals surface area (Å²) in [4.78, 5) is 15.2. The quantitative estimate of drug-likeness (QED) is 0.810. The largest absolute Gasteiger partial charge is 0.444 e. The molecule has 1 aromatic carbocycles.